The SMILES string of the molecule is CC(C)(C)c1ccc(-c2cc(-c3ccc(C(C)(C)C)cc3)cc(-c3cc(-c4cc(-c5ccc(C(C)(C)C)cc5)cc(-c5ccc(C(C)(C)C)cc5)c4)cc(C4(c5cc(-c6cc(-c7ccc(C(C)(C)C)cc7)cc(-c7ccc(C(C)(C)C)cc7)c6)cc(-c6cc(-c7ccc(C(C)(C)C)cc7)cc(-c7ccc(C(C)(C)C)cc7)c6)c5)c5cc(-c6ccccc6)ccc5-c5c(-c6ccccc6)cccc54)c3)c2)cc1. The monoisotopic (exact) mass is 1830 g/mol. The van der Waals surface area contributed by atoms with Crippen molar-refractivity contribution in [1.29, 1.82) is 0 Å². The molecule has 18 aromatic carbocycles. The minimum Gasteiger partial charge on any atom is -0.0622 e. The van der Waals surface area contributed by atoms with Gasteiger partial charge in [0.1, 0.15) is 0 Å². The molecule has 1 aliphatic carbocycles. The van der Waals surface area contributed by atoms with Crippen LogP contribution in [0.1, 0.15) is 233 Å². The molecule has 702 valence electrons. The molecule has 141 heavy (non-hydrogen) atoms. The maximum absolute atomic E-state index is 2.64. The van der Waals surface area contributed by atoms with Gasteiger partial charge in [0.2, 0.25) is 0 Å². The Morgan fingerprint density at radius 3 is 0.504 bits per heavy atom. The van der Waals surface area contributed by atoms with Gasteiger partial charge in [0.15, 0.2) is 0 Å². The largest absolute Gasteiger partial charge is 0.0714 e. The quantitative estimate of drug-likeness (QED) is 0.0904. The van der Waals surface area contributed by atoms with E-state index in [0.29, 0.717) is 0 Å². The van der Waals surface area contributed by atoms with E-state index in [2.05, 4.69) is 567 Å². The van der Waals surface area contributed by atoms with Gasteiger partial charge in [-0.05, 0) is 392 Å². The molecular formula is C141H138. The van der Waals surface area contributed by atoms with Crippen LogP contribution in [0.4, 0.5) is 0 Å². The highest BCUT2D eigenvalue weighted by molar-refractivity contribution is 5.99. The molecule has 0 fully saturated rings. The molecule has 0 heteroatoms. The second-order valence-electron chi connectivity index (χ2n) is 48.4. The van der Waals surface area contributed by atoms with Crippen LogP contribution >= 0.6 is 0 Å². The van der Waals surface area contributed by atoms with E-state index < -0.39 is 5.41 Å². The van der Waals surface area contributed by atoms with Gasteiger partial charge in [-0.2, -0.15) is 0 Å². The molecule has 19 rings (SSSR count). The summed E-state index contributed by atoms with van der Waals surface area (Å²) in [4.78, 5) is 0. The smallest absolute Gasteiger partial charge is 0.0622 e. The predicted octanol–water partition coefficient (Wildman–Crippen LogP) is 39.8. The number of hydrogen-bond acceptors (Lipinski definition) is 0. The van der Waals surface area contributed by atoms with Crippen LogP contribution in [-0.4, -0.2) is 0 Å². The number of hydrogen-bond donors (Lipinski definition) is 0. The summed E-state index contributed by atoms with van der Waals surface area (Å²) in [5.74, 6) is 0. The third-order valence-corrected chi connectivity index (χ3v) is 29.8. The van der Waals surface area contributed by atoms with Crippen LogP contribution < -0.4 is 0 Å². The molecule has 0 heterocycles. The van der Waals surface area contributed by atoms with E-state index in [1.54, 1.807) is 0 Å². The zero-order valence-corrected chi connectivity index (χ0v) is 87.6. The number of fused-ring (bicyclic) bond motifs is 3. The molecule has 0 atom stereocenters. The molecule has 0 unspecified atom stereocenters. The fourth-order valence-corrected chi connectivity index (χ4v) is 21.0. The van der Waals surface area contributed by atoms with Crippen molar-refractivity contribution in [3.05, 3.63) is 467 Å². The standard InChI is InChI=1S/C141H138/c1-133(2,3)118-55-38-92(39-56-118)102-72-103(93-40-57-119(58-41-93)134(4,5)6)77-110(76-102)114-84-115(111-78-104(94-42-59-120(60-43-94)135(7,8)9)73-105(79-111)95-44-61-121(62-45-95)136(10,11)12)87-126(86-114)141(130-37-31-36-128(100-34-29-26-30-35-100)132(130)129-71-54-101(90-131(129)141)91-32-27-25-28-33-91)127-88-116(112-80-106(96-46-63-122(64-47-96)137(13,14)15)74-107(81-112)97-48-65-123(66-49-97)138(16,17)18)85-117(89-127)113-82-108(98-50-67-124(68-51-98)139(19,20)21)75-109(83-113)99-52-69-125(70-53-99)140(22,23)24/h25-90H,1-24H3. The molecule has 0 amide bonds. The second-order valence-corrected chi connectivity index (χ2v) is 48.4. The van der Waals surface area contributed by atoms with Crippen LogP contribution in [0.5, 0.6) is 0 Å². The molecule has 0 saturated heterocycles. The summed E-state index contributed by atoms with van der Waals surface area (Å²) in [7, 11) is 0. The number of benzene rings is 18. The Morgan fingerprint density at radius 2 is 0.298 bits per heavy atom. The van der Waals surface area contributed by atoms with E-state index in [1.807, 2.05) is 0 Å². The average Bonchev–Trinajstić information content (AvgIpc) is 1.52. The Hall–Kier alpha value is -14.0. The highest BCUT2D eigenvalue weighted by Crippen LogP contribution is 2.62. The minimum absolute atomic E-state index is 0.0484. The Morgan fingerprint density at radius 1 is 0.121 bits per heavy atom. The van der Waals surface area contributed by atoms with Crippen LogP contribution in [0.15, 0.2) is 400 Å². The van der Waals surface area contributed by atoms with Crippen molar-refractivity contribution < 1.29 is 0 Å². The summed E-state index contributed by atoms with van der Waals surface area (Å²) in [5, 5.41) is 0. The third kappa shape index (κ3) is 19.8. The van der Waals surface area contributed by atoms with E-state index in [1.165, 1.54) is 72.3 Å². The molecular weight excluding hydrogens is 1690 g/mol. The molecule has 0 nitrogen and oxygen atoms in total. The lowest BCUT2D eigenvalue weighted by Gasteiger charge is -2.36. The summed E-state index contributed by atoms with van der Waals surface area (Å²) in [6.45, 7) is 55.6. The van der Waals surface area contributed by atoms with E-state index in [0.717, 1.165) is 161 Å². The van der Waals surface area contributed by atoms with Crippen molar-refractivity contribution in [3.63, 3.8) is 0 Å². The minimum atomic E-state index is -1.13. The van der Waals surface area contributed by atoms with Gasteiger partial charge in [-0.3, -0.25) is 0 Å². The highest BCUT2D eigenvalue weighted by Gasteiger charge is 2.49. The fourth-order valence-electron chi connectivity index (χ4n) is 21.0. The van der Waals surface area contributed by atoms with Crippen molar-refractivity contribution in [2.75, 3.05) is 0 Å². The molecule has 1 aliphatic rings. The van der Waals surface area contributed by atoms with E-state index in [9.17, 15) is 0 Å². The lowest BCUT2D eigenvalue weighted by atomic mass is 9.65. The van der Waals surface area contributed by atoms with Crippen molar-refractivity contribution in [1.82, 2.24) is 0 Å². The zero-order valence-electron chi connectivity index (χ0n) is 87.6. The summed E-state index contributed by atoms with van der Waals surface area (Å²) >= 11 is 0. The second kappa shape index (κ2) is 36.6. The van der Waals surface area contributed by atoms with Crippen LogP contribution in [-0.2, 0) is 48.7 Å². The molecule has 0 N–H and O–H groups in total. The van der Waals surface area contributed by atoms with Crippen molar-refractivity contribution >= 4 is 0 Å². The van der Waals surface area contributed by atoms with Gasteiger partial charge in [0.05, 0.1) is 5.41 Å². The third-order valence-electron chi connectivity index (χ3n) is 29.8. The van der Waals surface area contributed by atoms with Crippen molar-refractivity contribution in [2.45, 2.75) is 215 Å². The van der Waals surface area contributed by atoms with Crippen molar-refractivity contribution in [3.8, 4) is 167 Å². The Balaban J connectivity index is 1.00. The van der Waals surface area contributed by atoms with E-state index in [-0.39, 0.29) is 43.3 Å². The molecule has 0 saturated carbocycles. The zero-order chi connectivity index (χ0) is 99.4. The van der Waals surface area contributed by atoms with Gasteiger partial charge in [-0.25, -0.2) is 0 Å². The van der Waals surface area contributed by atoms with E-state index >= 15 is 0 Å². The van der Waals surface area contributed by atoms with Gasteiger partial charge < -0.3 is 0 Å². The van der Waals surface area contributed by atoms with Crippen LogP contribution in [0.2, 0.25) is 0 Å². The average molecular weight is 1830 g/mol. The lowest BCUT2D eigenvalue weighted by Crippen LogP contribution is -2.29. The maximum atomic E-state index is 2.64. The van der Waals surface area contributed by atoms with Gasteiger partial charge in [-0.15, -0.1) is 0 Å². The highest BCUT2D eigenvalue weighted by atomic mass is 14.5. The first-order valence-electron chi connectivity index (χ1n) is 51.0. The molecule has 0 radical (unpaired) electrons. The van der Waals surface area contributed by atoms with Crippen LogP contribution in [0.3, 0.4) is 0 Å². The Kier molecular flexibility index (Phi) is 24.9. The van der Waals surface area contributed by atoms with Gasteiger partial charge in [0, 0.05) is 0 Å². The summed E-state index contributed by atoms with van der Waals surface area (Å²) in [5.41, 5.74) is 47.9. The maximum Gasteiger partial charge on any atom is 0.0714 e. The predicted molar refractivity (Wildman–Crippen MR) is 609 cm³/mol. The van der Waals surface area contributed by atoms with Crippen LogP contribution in [0.25, 0.3) is 167 Å². The molecule has 0 bridgehead atoms. The number of rotatable bonds is 16. The van der Waals surface area contributed by atoms with Crippen molar-refractivity contribution in [2.24, 2.45) is 0 Å². The summed E-state index contributed by atoms with van der Waals surface area (Å²) < 4.78 is 0. The van der Waals surface area contributed by atoms with Gasteiger partial charge >= 0.3 is 0 Å². The first kappa shape index (κ1) is 95.9. The Labute approximate surface area is 842 Å². The first-order valence-corrected chi connectivity index (χ1v) is 51.0. The molecule has 0 aromatic heterocycles. The summed E-state index contributed by atoms with van der Waals surface area (Å²) in [6, 6.07) is 158. The Bertz CT molecular complexity index is 6630. The van der Waals surface area contributed by atoms with Gasteiger partial charge in [-0.1, -0.05) is 451 Å². The van der Waals surface area contributed by atoms with E-state index in [4.69, 9.17) is 0 Å². The normalized spacial score (nSPS) is 13.0. The first-order chi connectivity index (χ1) is 66.8. The fraction of sp³-hybridized carbons (Fsp3) is 0.234. The summed E-state index contributed by atoms with van der Waals surface area (Å²) in [6.07, 6.45) is 0. The molecule has 0 spiro atoms. The topological polar surface area (TPSA) is 0 Å². The molecule has 0 aliphatic heterocycles. The van der Waals surface area contributed by atoms with Crippen LogP contribution in [0, 0.1) is 0 Å². The molecule has 18 aromatic rings. The van der Waals surface area contributed by atoms with Gasteiger partial charge in [0.25, 0.3) is 0 Å². The lowest BCUT2D eigenvalue weighted by molar-refractivity contribution is 0.590.